The Morgan fingerprint density at radius 3 is 2.38 bits per heavy atom. The van der Waals surface area contributed by atoms with Crippen molar-refractivity contribution in [3.63, 3.8) is 0 Å². The summed E-state index contributed by atoms with van der Waals surface area (Å²) in [5.74, 6) is 0.00825. The van der Waals surface area contributed by atoms with Crippen LogP contribution in [0.1, 0.15) is 33.6 Å². The van der Waals surface area contributed by atoms with Gasteiger partial charge >= 0.3 is 0 Å². The van der Waals surface area contributed by atoms with E-state index in [9.17, 15) is 4.79 Å². The number of carbonyl (C=O) groups is 1. The van der Waals surface area contributed by atoms with Gasteiger partial charge in [-0.05, 0) is 24.3 Å². The molecule has 0 saturated carbocycles. The fraction of sp³-hybridized carbons (Fsp3) is 0.727. The molecule has 0 unspecified atom stereocenters. The first-order valence-electron chi connectivity index (χ1n) is 4.74. The molecule has 0 radical (unpaired) electrons. The third-order valence-electron chi connectivity index (χ3n) is 1.97. The Hall–Kier alpha value is -0.790. The summed E-state index contributed by atoms with van der Waals surface area (Å²) in [6.07, 6.45) is 3.55. The summed E-state index contributed by atoms with van der Waals surface area (Å²) in [5.41, 5.74) is 0.359. The lowest BCUT2D eigenvalue weighted by Crippen LogP contribution is -2.26. The highest BCUT2D eigenvalue weighted by Gasteiger charge is 2.10. The van der Waals surface area contributed by atoms with Crippen LogP contribution in [0.4, 0.5) is 0 Å². The van der Waals surface area contributed by atoms with Crippen molar-refractivity contribution in [2.45, 2.75) is 33.6 Å². The van der Waals surface area contributed by atoms with Gasteiger partial charge in [-0.1, -0.05) is 27.4 Å². The minimum atomic E-state index is 0.00825. The molecule has 0 saturated heterocycles. The van der Waals surface area contributed by atoms with Crippen molar-refractivity contribution in [3.05, 3.63) is 12.7 Å². The van der Waals surface area contributed by atoms with Crippen molar-refractivity contribution in [1.82, 2.24) is 4.90 Å². The molecule has 0 aromatic carbocycles. The Balaban J connectivity index is 3.65. The summed E-state index contributed by atoms with van der Waals surface area (Å²) in [7, 11) is 1.81. The molecule has 0 atom stereocenters. The lowest BCUT2D eigenvalue weighted by Gasteiger charge is -2.20. The molecule has 0 heterocycles. The van der Waals surface area contributed by atoms with E-state index in [1.165, 1.54) is 6.08 Å². The number of carbonyl (C=O) groups excluding carboxylic acids is 1. The average molecular weight is 183 g/mol. The number of amides is 1. The van der Waals surface area contributed by atoms with Crippen LogP contribution in [-0.2, 0) is 4.79 Å². The van der Waals surface area contributed by atoms with E-state index in [1.54, 1.807) is 4.90 Å². The van der Waals surface area contributed by atoms with Gasteiger partial charge in [0.15, 0.2) is 0 Å². The monoisotopic (exact) mass is 183 g/mol. The standard InChI is InChI=1S/C11H21NO/c1-6-10(13)12(5)9-7-8-11(2,3)4/h6H,1,7-9H2,2-5H3. The predicted molar refractivity (Wildman–Crippen MR) is 56.5 cm³/mol. The Bertz CT molecular complexity index is 179. The first kappa shape index (κ1) is 12.2. The Morgan fingerprint density at radius 2 is 2.00 bits per heavy atom. The molecule has 0 rings (SSSR count). The molecule has 1 amide bonds. The summed E-state index contributed by atoms with van der Waals surface area (Å²) in [4.78, 5) is 12.8. The maximum atomic E-state index is 11.1. The van der Waals surface area contributed by atoms with Gasteiger partial charge in [0.1, 0.15) is 0 Å². The summed E-state index contributed by atoms with van der Waals surface area (Å²) in [5, 5.41) is 0. The zero-order valence-corrected chi connectivity index (χ0v) is 9.26. The maximum Gasteiger partial charge on any atom is 0.245 e. The van der Waals surface area contributed by atoms with Gasteiger partial charge in [-0.2, -0.15) is 0 Å². The van der Waals surface area contributed by atoms with Gasteiger partial charge in [0.05, 0.1) is 0 Å². The zero-order valence-electron chi connectivity index (χ0n) is 9.26. The minimum Gasteiger partial charge on any atom is -0.342 e. The highest BCUT2D eigenvalue weighted by molar-refractivity contribution is 5.86. The predicted octanol–water partition coefficient (Wildman–Crippen LogP) is 2.46. The molecule has 0 aliphatic carbocycles. The van der Waals surface area contributed by atoms with Gasteiger partial charge in [0.2, 0.25) is 5.91 Å². The fourth-order valence-corrected chi connectivity index (χ4v) is 1.11. The van der Waals surface area contributed by atoms with Crippen LogP contribution in [-0.4, -0.2) is 24.4 Å². The van der Waals surface area contributed by atoms with Crippen LogP contribution in [0, 0.1) is 5.41 Å². The van der Waals surface area contributed by atoms with Crippen LogP contribution in [0.25, 0.3) is 0 Å². The van der Waals surface area contributed by atoms with Crippen LogP contribution in [0.2, 0.25) is 0 Å². The number of likely N-dealkylation sites (N-methyl/N-ethyl adjacent to an activating group) is 1. The zero-order chi connectivity index (χ0) is 10.5. The van der Waals surface area contributed by atoms with Gasteiger partial charge in [-0.15, -0.1) is 0 Å². The molecule has 13 heavy (non-hydrogen) atoms. The molecular weight excluding hydrogens is 162 g/mol. The van der Waals surface area contributed by atoms with Crippen molar-refractivity contribution in [2.75, 3.05) is 13.6 Å². The highest BCUT2D eigenvalue weighted by atomic mass is 16.2. The van der Waals surface area contributed by atoms with Gasteiger partial charge in [0.25, 0.3) is 0 Å². The van der Waals surface area contributed by atoms with E-state index in [0.29, 0.717) is 5.41 Å². The van der Waals surface area contributed by atoms with E-state index in [1.807, 2.05) is 7.05 Å². The molecular formula is C11H21NO. The van der Waals surface area contributed by atoms with Gasteiger partial charge in [-0.25, -0.2) is 0 Å². The van der Waals surface area contributed by atoms with Gasteiger partial charge in [0, 0.05) is 13.6 Å². The van der Waals surface area contributed by atoms with E-state index in [-0.39, 0.29) is 5.91 Å². The van der Waals surface area contributed by atoms with Crippen LogP contribution in [0.3, 0.4) is 0 Å². The normalized spacial score (nSPS) is 11.1. The van der Waals surface area contributed by atoms with Crippen molar-refractivity contribution < 1.29 is 4.79 Å². The second kappa shape index (κ2) is 5.05. The summed E-state index contributed by atoms with van der Waals surface area (Å²) < 4.78 is 0. The van der Waals surface area contributed by atoms with Gasteiger partial charge in [-0.3, -0.25) is 4.79 Å². The van der Waals surface area contributed by atoms with Crippen molar-refractivity contribution >= 4 is 5.91 Å². The molecule has 2 heteroatoms. The van der Waals surface area contributed by atoms with Crippen molar-refractivity contribution in [1.29, 1.82) is 0 Å². The fourth-order valence-electron chi connectivity index (χ4n) is 1.11. The smallest absolute Gasteiger partial charge is 0.245 e. The van der Waals surface area contributed by atoms with E-state index in [0.717, 1.165) is 19.4 Å². The molecule has 76 valence electrons. The largest absolute Gasteiger partial charge is 0.342 e. The number of hydrogen-bond acceptors (Lipinski definition) is 1. The lowest BCUT2D eigenvalue weighted by atomic mass is 9.90. The quantitative estimate of drug-likeness (QED) is 0.613. The first-order valence-corrected chi connectivity index (χ1v) is 4.74. The number of rotatable bonds is 4. The Labute approximate surface area is 81.6 Å². The molecule has 0 aliphatic rings. The third kappa shape index (κ3) is 6.38. The third-order valence-corrected chi connectivity index (χ3v) is 1.97. The van der Waals surface area contributed by atoms with Gasteiger partial charge < -0.3 is 4.90 Å². The second-order valence-corrected chi connectivity index (χ2v) is 4.63. The van der Waals surface area contributed by atoms with E-state index in [2.05, 4.69) is 27.4 Å². The van der Waals surface area contributed by atoms with E-state index >= 15 is 0 Å². The Kier molecular flexibility index (Phi) is 4.74. The number of nitrogens with zero attached hydrogens (tertiary/aromatic N) is 1. The lowest BCUT2D eigenvalue weighted by molar-refractivity contribution is -0.124. The second-order valence-electron chi connectivity index (χ2n) is 4.63. The molecule has 2 nitrogen and oxygen atoms in total. The highest BCUT2D eigenvalue weighted by Crippen LogP contribution is 2.20. The van der Waals surface area contributed by atoms with Crippen molar-refractivity contribution in [2.24, 2.45) is 5.41 Å². The molecule has 0 bridgehead atoms. The van der Waals surface area contributed by atoms with Crippen LogP contribution >= 0.6 is 0 Å². The SMILES string of the molecule is C=CC(=O)N(C)CCCC(C)(C)C. The molecule has 0 aromatic heterocycles. The van der Waals surface area contributed by atoms with Crippen molar-refractivity contribution in [3.8, 4) is 0 Å². The molecule has 0 N–H and O–H groups in total. The molecule has 0 fully saturated rings. The minimum absolute atomic E-state index is 0.00825. The van der Waals surface area contributed by atoms with E-state index in [4.69, 9.17) is 0 Å². The van der Waals surface area contributed by atoms with Crippen LogP contribution < -0.4 is 0 Å². The molecule has 0 aliphatic heterocycles. The topological polar surface area (TPSA) is 20.3 Å². The average Bonchev–Trinajstić information content (AvgIpc) is 2.00. The van der Waals surface area contributed by atoms with Crippen LogP contribution in [0.5, 0.6) is 0 Å². The van der Waals surface area contributed by atoms with Crippen LogP contribution in [0.15, 0.2) is 12.7 Å². The maximum absolute atomic E-state index is 11.1. The first-order chi connectivity index (χ1) is 5.87. The molecule has 0 spiro atoms. The number of hydrogen-bond donors (Lipinski definition) is 0. The summed E-state index contributed by atoms with van der Waals surface area (Å²) in [6.45, 7) is 10.9. The van der Waals surface area contributed by atoms with E-state index < -0.39 is 0 Å². The Morgan fingerprint density at radius 1 is 1.46 bits per heavy atom. The summed E-state index contributed by atoms with van der Waals surface area (Å²) in [6, 6.07) is 0. The summed E-state index contributed by atoms with van der Waals surface area (Å²) >= 11 is 0. The molecule has 0 aromatic rings.